The summed E-state index contributed by atoms with van der Waals surface area (Å²) >= 11 is 1.47. The maximum absolute atomic E-state index is 13.8. The maximum Gasteiger partial charge on any atom is 0.350 e. The van der Waals surface area contributed by atoms with E-state index in [1.807, 2.05) is 17.7 Å². The highest BCUT2D eigenvalue weighted by atomic mass is 32.1. The molecule has 0 fully saturated rings. The van der Waals surface area contributed by atoms with Gasteiger partial charge in [0, 0.05) is 17.1 Å². The molecule has 1 aromatic heterocycles. The quantitative estimate of drug-likeness (QED) is 0.457. The zero-order valence-corrected chi connectivity index (χ0v) is 12.7. The Labute approximate surface area is 131 Å². The number of nitrogens with two attached hydrogens (primary N) is 2. The molecule has 2 amide bonds. The van der Waals surface area contributed by atoms with Gasteiger partial charge >= 0.3 is 6.03 Å². The lowest BCUT2D eigenvalue weighted by Gasteiger charge is -2.20. The maximum atomic E-state index is 13.8. The Morgan fingerprint density at radius 3 is 2.86 bits per heavy atom. The average Bonchev–Trinajstić information content (AvgIpc) is 3.04. The molecule has 0 saturated carbocycles. The third kappa shape index (κ3) is 3.48. The van der Waals surface area contributed by atoms with Crippen LogP contribution >= 0.6 is 11.3 Å². The molecule has 0 radical (unpaired) electrons. The lowest BCUT2D eigenvalue weighted by molar-refractivity contribution is 0.246. The Morgan fingerprint density at radius 1 is 1.50 bits per heavy atom. The van der Waals surface area contributed by atoms with Gasteiger partial charge in [-0.3, -0.25) is 5.43 Å². The predicted octanol–water partition coefficient (Wildman–Crippen LogP) is 2.28. The average molecular weight is 321 g/mol. The number of carbonyl (C=O) groups excluding carboxylic acids is 1. The molecule has 0 unspecified atom stereocenters. The summed E-state index contributed by atoms with van der Waals surface area (Å²) in [4.78, 5) is 15.8. The Hall–Kier alpha value is -2.29. The number of nitrogens with one attached hydrogen (secondary N) is 1. The molecule has 0 aliphatic heterocycles. The first-order valence-corrected chi connectivity index (χ1v) is 7.40. The number of hydrazine groups is 2. The molecule has 0 aliphatic rings. The summed E-state index contributed by atoms with van der Waals surface area (Å²) in [6.07, 6.45) is 5.82. The Morgan fingerprint density at radius 2 is 2.27 bits per heavy atom. The minimum Gasteiger partial charge on any atom is -0.274 e. The summed E-state index contributed by atoms with van der Waals surface area (Å²) in [7, 11) is 0. The largest absolute Gasteiger partial charge is 0.350 e. The first kappa shape index (κ1) is 16.1. The second-order valence-corrected chi connectivity index (χ2v) is 5.30. The van der Waals surface area contributed by atoms with E-state index in [1.165, 1.54) is 23.5 Å². The molecule has 0 aliphatic carbocycles. The van der Waals surface area contributed by atoms with Gasteiger partial charge in [0.15, 0.2) is 0 Å². The van der Waals surface area contributed by atoms with E-state index in [2.05, 4.69) is 4.98 Å². The van der Waals surface area contributed by atoms with Crippen molar-refractivity contribution < 1.29 is 9.18 Å². The number of aromatic nitrogens is 1. The lowest BCUT2D eigenvalue weighted by Crippen LogP contribution is -2.48. The van der Waals surface area contributed by atoms with Gasteiger partial charge in [0.05, 0.1) is 5.69 Å². The van der Waals surface area contributed by atoms with Gasteiger partial charge in [-0.2, -0.15) is 0 Å². The van der Waals surface area contributed by atoms with Crippen molar-refractivity contribution in [2.75, 3.05) is 5.01 Å². The van der Waals surface area contributed by atoms with Crippen LogP contribution in [0.3, 0.4) is 0 Å². The number of aryl methyl sites for hydroxylation is 1. The van der Waals surface area contributed by atoms with E-state index in [-0.39, 0.29) is 5.69 Å². The number of hydrogen-bond donors (Lipinski definition) is 3. The minimum atomic E-state index is -0.739. The zero-order valence-electron chi connectivity index (χ0n) is 11.9. The van der Waals surface area contributed by atoms with Crippen molar-refractivity contribution in [2.45, 2.75) is 13.3 Å². The van der Waals surface area contributed by atoms with Gasteiger partial charge in [-0.05, 0) is 36.3 Å². The number of carbonyl (C=O) groups is 1. The number of hydrogen-bond acceptors (Lipinski definition) is 5. The number of benzene rings is 1. The summed E-state index contributed by atoms with van der Waals surface area (Å²) in [5.41, 5.74) is 3.52. The normalized spacial score (nSPS) is 10.9. The van der Waals surface area contributed by atoms with E-state index in [9.17, 15) is 9.18 Å². The van der Waals surface area contributed by atoms with Crippen LogP contribution in [0.4, 0.5) is 14.9 Å². The van der Waals surface area contributed by atoms with Crippen molar-refractivity contribution in [1.29, 1.82) is 0 Å². The fourth-order valence-electron chi connectivity index (χ4n) is 1.99. The molecule has 0 bridgehead atoms. The summed E-state index contributed by atoms with van der Waals surface area (Å²) in [5, 5.41) is 3.43. The van der Waals surface area contributed by atoms with Crippen molar-refractivity contribution in [3.05, 3.63) is 45.7 Å². The zero-order chi connectivity index (χ0) is 16.1. The van der Waals surface area contributed by atoms with E-state index in [0.29, 0.717) is 12.0 Å². The minimum absolute atomic E-state index is 0.229. The van der Waals surface area contributed by atoms with Crippen LogP contribution in [-0.2, 0) is 6.42 Å². The van der Waals surface area contributed by atoms with Gasteiger partial charge < -0.3 is 0 Å². The number of thiazole rings is 1. The van der Waals surface area contributed by atoms with Crippen LogP contribution in [-0.4, -0.2) is 11.0 Å². The van der Waals surface area contributed by atoms with Crippen LogP contribution in [0.5, 0.6) is 0 Å². The van der Waals surface area contributed by atoms with Crippen LogP contribution in [0.1, 0.15) is 23.1 Å². The number of urea groups is 1. The van der Waals surface area contributed by atoms with Gasteiger partial charge in [0.25, 0.3) is 0 Å². The van der Waals surface area contributed by atoms with E-state index in [4.69, 9.17) is 11.7 Å². The summed E-state index contributed by atoms with van der Waals surface area (Å²) in [6.45, 7) is 1.89. The molecular weight excluding hydrogens is 305 g/mol. The number of nitrogens with zero attached hydrogens (tertiary/aromatic N) is 2. The monoisotopic (exact) mass is 321 g/mol. The van der Waals surface area contributed by atoms with E-state index >= 15 is 0 Å². The van der Waals surface area contributed by atoms with E-state index < -0.39 is 11.8 Å². The first-order chi connectivity index (χ1) is 10.6. The standard InChI is InChI=1S/C14H16FN5OS/c1-2-9-7-10(15)8-12(20(17)14(21)19-16)11(9)3-4-13-18-5-6-22-13/h3-8H,2,16-17H2,1H3,(H,19,21)/b4-3+. The molecular formula is C14H16FN5OS. The van der Waals surface area contributed by atoms with Crippen molar-refractivity contribution in [3.63, 3.8) is 0 Å². The summed E-state index contributed by atoms with van der Waals surface area (Å²) in [5.74, 6) is 10.3. The van der Waals surface area contributed by atoms with Crippen molar-refractivity contribution in [3.8, 4) is 0 Å². The summed E-state index contributed by atoms with van der Waals surface area (Å²) in [6, 6.07) is 1.87. The number of halogens is 1. The topological polar surface area (TPSA) is 97.3 Å². The molecule has 2 rings (SSSR count). The molecule has 6 nitrogen and oxygen atoms in total. The van der Waals surface area contributed by atoms with Gasteiger partial charge in [-0.1, -0.05) is 6.92 Å². The van der Waals surface area contributed by atoms with Crippen molar-refractivity contribution in [2.24, 2.45) is 11.7 Å². The molecule has 22 heavy (non-hydrogen) atoms. The third-order valence-electron chi connectivity index (χ3n) is 3.04. The molecule has 1 heterocycles. The number of anilines is 1. The number of rotatable bonds is 4. The predicted molar refractivity (Wildman–Crippen MR) is 86.2 cm³/mol. The van der Waals surface area contributed by atoms with Crippen LogP contribution < -0.4 is 22.1 Å². The summed E-state index contributed by atoms with van der Waals surface area (Å²) < 4.78 is 13.8. The number of amides is 2. The van der Waals surface area contributed by atoms with Crippen LogP contribution in [0.25, 0.3) is 12.2 Å². The van der Waals surface area contributed by atoms with Crippen molar-refractivity contribution >= 4 is 35.2 Å². The molecule has 2 aromatic rings. The Kier molecular flexibility index (Phi) is 5.21. The molecule has 8 heteroatoms. The van der Waals surface area contributed by atoms with Crippen LogP contribution in [0.2, 0.25) is 0 Å². The van der Waals surface area contributed by atoms with Gasteiger partial charge in [0.2, 0.25) is 0 Å². The van der Waals surface area contributed by atoms with Crippen LogP contribution in [0.15, 0.2) is 23.7 Å². The highest BCUT2D eigenvalue weighted by molar-refractivity contribution is 7.10. The van der Waals surface area contributed by atoms with E-state index in [1.54, 1.807) is 18.3 Å². The van der Waals surface area contributed by atoms with Crippen LogP contribution in [0, 0.1) is 5.82 Å². The first-order valence-electron chi connectivity index (χ1n) is 6.52. The van der Waals surface area contributed by atoms with Gasteiger partial charge in [-0.25, -0.2) is 30.9 Å². The Bertz CT molecular complexity index is 687. The molecule has 0 atom stereocenters. The SMILES string of the molecule is CCc1cc(F)cc(N(N)C(=O)NN)c1/C=C/c1nccs1. The second kappa shape index (κ2) is 7.12. The molecule has 0 spiro atoms. The molecule has 0 saturated heterocycles. The highest BCUT2D eigenvalue weighted by Gasteiger charge is 2.17. The molecule has 1 aromatic carbocycles. The molecule has 5 N–H and O–H groups in total. The molecule has 116 valence electrons. The van der Waals surface area contributed by atoms with E-state index in [0.717, 1.165) is 15.6 Å². The smallest absolute Gasteiger partial charge is 0.274 e. The van der Waals surface area contributed by atoms with Gasteiger partial charge in [-0.15, -0.1) is 11.3 Å². The fourth-order valence-corrected chi connectivity index (χ4v) is 2.52. The third-order valence-corrected chi connectivity index (χ3v) is 3.78. The lowest BCUT2D eigenvalue weighted by atomic mass is 10.0. The highest BCUT2D eigenvalue weighted by Crippen LogP contribution is 2.27. The van der Waals surface area contributed by atoms with Gasteiger partial charge in [0.1, 0.15) is 10.8 Å². The Balaban J connectivity index is 2.51. The second-order valence-electron chi connectivity index (χ2n) is 4.37. The van der Waals surface area contributed by atoms with Crippen molar-refractivity contribution in [1.82, 2.24) is 10.4 Å². The fraction of sp³-hybridized carbons (Fsp3) is 0.143.